The first-order chi connectivity index (χ1) is 20.8. The van der Waals surface area contributed by atoms with Crippen LogP contribution in [0.4, 0.5) is 11.4 Å². The molecule has 2 heterocycles. The van der Waals surface area contributed by atoms with Crippen LogP contribution in [-0.2, 0) is 21.9 Å². The van der Waals surface area contributed by atoms with E-state index in [-0.39, 0.29) is 56.9 Å². The highest BCUT2D eigenvalue weighted by Gasteiger charge is 2.31. The maximum atomic E-state index is 13.4. The highest BCUT2D eigenvalue weighted by molar-refractivity contribution is 7.89. The lowest BCUT2D eigenvalue weighted by molar-refractivity contribution is -0.111. The number of sulfonamides is 1. The summed E-state index contributed by atoms with van der Waals surface area (Å²) in [6, 6.07) is 10.5. The van der Waals surface area contributed by atoms with Gasteiger partial charge in [-0.3, -0.25) is 19.1 Å². The number of amides is 3. The highest BCUT2D eigenvalue weighted by atomic mass is 35.5. The van der Waals surface area contributed by atoms with Gasteiger partial charge in [-0.05, 0) is 57.3 Å². The van der Waals surface area contributed by atoms with Crippen LogP contribution >= 0.6 is 23.2 Å². The molecule has 1 aromatic heterocycles. The molecule has 0 unspecified atom stereocenters. The number of hydrogen-bond donors (Lipinski definition) is 3. The zero-order chi connectivity index (χ0) is 32.0. The van der Waals surface area contributed by atoms with Gasteiger partial charge in [0.15, 0.2) is 5.69 Å². The molecule has 3 N–H and O–H groups in total. The molecule has 0 bridgehead atoms. The highest BCUT2D eigenvalue weighted by Crippen LogP contribution is 2.27. The molecule has 12 nitrogen and oxygen atoms in total. The number of rotatable bonds is 10. The number of aryl methyl sites for hydroxylation is 1. The van der Waals surface area contributed by atoms with E-state index in [4.69, 9.17) is 23.2 Å². The predicted octanol–water partition coefficient (Wildman–Crippen LogP) is 3.62. The van der Waals surface area contributed by atoms with Crippen LogP contribution in [0.2, 0.25) is 10.0 Å². The molecular weight excluding hydrogens is 629 g/mol. The molecule has 0 radical (unpaired) electrons. The average Bonchev–Trinajstić information content (AvgIpc) is 3.33. The summed E-state index contributed by atoms with van der Waals surface area (Å²) in [6.07, 6.45) is 5.32. The lowest BCUT2D eigenvalue weighted by atomic mass is 10.1. The molecule has 0 saturated carbocycles. The Morgan fingerprint density at radius 3 is 2.34 bits per heavy atom. The Morgan fingerprint density at radius 2 is 1.68 bits per heavy atom. The van der Waals surface area contributed by atoms with Crippen LogP contribution in [-0.4, -0.2) is 84.9 Å². The SMILES string of the molecule is CN(C)C/C=C/C(=O)Nc1cccc(S(=O)(=O)N2CCC(NC(=O)c3nn(C)cc3NC(=O)c3c(Cl)cccc3Cl)CC2)c1. The summed E-state index contributed by atoms with van der Waals surface area (Å²) in [4.78, 5) is 40.2. The second-order valence-corrected chi connectivity index (χ2v) is 13.2. The summed E-state index contributed by atoms with van der Waals surface area (Å²) in [6.45, 7) is 0.943. The number of piperidine rings is 1. The zero-order valence-electron chi connectivity index (χ0n) is 24.4. The largest absolute Gasteiger partial charge is 0.348 e. The maximum absolute atomic E-state index is 13.4. The molecule has 2 aromatic carbocycles. The molecule has 234 valence electrons. The molecule has 4 rings (SSSR count). The third-order valence-electron chi connectivity index (χ3n) is 6.75. The monoisotopic (exact) mass is 661 g/mol. The van der Waals surface area contributed by atoms with Crippen molar-refractivity contribution in [3.63, 3.8) is 0 Å². The second kappa shape index (κ2) is 14.4. The predicted molar refractivity (Wildman–Crippen MR) is 170 cm³/mol. The Balaban J connectivity index is 1.36. The van der Waals surface area contributed by atoms with E-state index < -0.39 is 21.8 Å². The number of aromatic nitrogens is 2. The van der Waals surface area contributed by atoms with Crippen LogP contribution in [0, 0.1) is 0 Å². The van der Waals surface area contributed by atoms with E-state index in [1.54, 1.807) is 31.3 Å². The number of likely N-dealkylation sites (N-methyl/N-ethyl adjacent to an activating group) is 1. The Hall–Kier alpha value is -3.75. The van der Waals surface area contributed by atoms with Crippen molar-refractivity contribution in [1.82, 2.24) is 24.3 Å². The minimum absolute atomic E-state index is 0.00509. The van der Waals surface area contributed by atoms with E-state index in [9.17, 15) is 22.8 Å². The van der Waals surface area contributed by atoms with Gasteiger partial charge in [-0.25, -0.2) is 8.42 Å². The molecular formula is C29H33Cl2N7O5S. The lowest BCUT2D eigenvalue weighted by Crippen LogP contribution is -2.46. The van der Waals surface area contributed by atoms with Crippen molar-refractivity contribution in [2.24, 2.45) is 7.05 Å². The first-order valence-electron chi connectivity index (χ1n) is 13.7. The Morgan fingerprint density at radius 1 is 1.02 bits per heavy atom. The quantitative estimate of drug-likeness (QED) is 0.281. The van der Waals surface area contributed by atoms with E-state index >= 15 is 0 Å². The lowest BCUT2D eigenvalue weighted by Gasteiger charge is -2.31. The number of nitrogens with one attached hydrogen (secondary N) is 3. The normalized spacial score (nSPS) is 14.6. The van der Waals surface area contributed by atoms with E-state index in [0.29, 0.717) is 25.1 Å². The van der Waals surface area contributed by atoms with Crippen LogP contribution in [0.5, 0.6) is 0 Å². The molecule has 0 aliphatic carbocycles. The van der Waals surface area contributed by atoms with Crippen molar-refractivity contribution >= 4 is 62.3 Å². The fourth-order valence-corrected chi connectivity index (χ4v) is 6.66. The molecule has 3 aromatic rings. The first kappa shape index (κ1) is 33.1. The van der Waals surface area contributed by atoms with Gasteiger partial charge in [0.25, 0.3) is 11.8 Å². The van der Waals surface area contributed by atoms with Crippen LogP contribution in [0.3, 0.4) is 0 Å². The summed E-state index contributed by atoms with van der Waals surface area (Å²) in [5, 5.41) is 12.8. The standard InChI is InChI=1S/C29H33Cl2N7O5S/c1-36(2)14-6-11-25(39)32-20-7-4-8-21(17-20)44(42,43)38-15-12-19(13-16-38)33-29(41)27-24(18-37(3)35-27)34-28(40)26-22(30)9-5-10-23(26)31/h4-11,17-19H,12-16H2,1-3H3,(H,32,39)(H,33,41)(H,34,40)/b11-6+. The number of benzene rings is 2. The van der Waals surface area contributed by atoms with Crippen molar-refractivity contribution < 1.29 is 22.8 Å². The molecule has 3 amide bonds. The number of nitrogens with zero attached hydrogens (tertiary/aromatic N) is 4. The van der Waals surface area contributed by atoms with E-state index in [1.807, 2.05) is 19.0 Å². The van der Waals surface area contributed by atoms with Gasteiger partial charge in [-0.1, -0.05) is 41.4 Å². The molecule has 1 fully saturated rings. The van der Waals surface area contributed by atoms with Crippen LogP contribution in [0.25, 0.3) is 0 Å². The van der Waals surface area contributed by atoms with Gasteiger partial charge in [0.05, 0.1) is 26.2 Å². The first-order valence-corrected chi connectivity index (χ1v) is 15.9. The van der Waals surface area contributed by atoms with Gasteiger partial charge in [0, 0.05) is 50.7 Å². The number of hydrogen-bond acceptors (Lipinski definition) is 7. The average molecular weight is 663 g/mol. The van der Waals surface area contributed by atoms with Gasteiger partial charge < -0.3 is 20.9 Å². The van der Waals surface area contributed by atoms with Crippen molar-refractivity contribution in [2.75, 3.05) is 44.4 Å². The molecule has 1 aliphatic rings. The minimum atomic E-state index is -3.84. The van der Waals surface area contributed by atoms with E-state index in [0.717, 1.165) is 0 Å². The Labute approximate surface area is 266 Å². The van der Waals surface area contributed by atoms with Crippen LogP contribution in [0.1, 0.15) is 33.7 Å². The smallest absolute Gasteiger partial charge is 0.274 e. The maximum Gasteiger partial charge on any atom is 0.274 e. The third kappa shape index (κ3) is 8.24. The molecule has 0 spiro atoms. The minimum Gasteiger partial charge on any atom is -0.348 e. The molecule has 1 aliphatic heterocycles. The van der Waals surface area contributed by atoms with Gasteiger partial charge in [-0.2, -0.15) is 9.40 Å². The topological polar surface area (TPSA) is 146 Å². The zero-order valence-corrected chi connectivity index (χ0v) is 26.7. The second-order valence-electron chi connectivity index (χ2n) is 10.4. The summed E-state index contributed by atoms with van der Waals surface area (Å²) >= 11 is 12.3. The number of halogens is 2. The summed E-state index contributed by atoms with van der Waals surface area (Å²) < 4.78 is 29.5. The van der Waals surface area contributed by atoms with Crippen molar-refractivity contribution in [1.29, 1.82) is 0 Å². The Bertz CT molecular complexity index is 1660. The summed E-state index contributed by atoms with van der Waals surface area (Å²) in [7, 11) is 1.53. The fraction of sp³-hybridized carbons (Fsp3) is 0.310. The summed E-state index contributed by atoms with van der Waals surface area (Å²) in [5.41, 5.74) is 0.604. The number of anilines is 2. The van der Waals surface area contributed by atoms with Crippen LogP contribution in [0.15, 0.2) is 65.7 Å². The van der Waals surface area contributed by atoms with E-state index in [1.165, 1.54) is 45.5 Å². The van der Waals surface area contributed by atoms with Gasteiger partial charge in [-0.15, -0.1) is 0 Å². The van der Waals surface area contributed by atoms with E-state index in [2.05, 4.69) is 21.0 Å². The van der Waals surface area contributed by atoms with Crippen molar-refractivity contribution in [2.45, 2.75) is 23.8 Å². The van der Waals surface area contributed by atoms with Crippen LogP contribution < -0.4 is 16.0 Å². The Kier molecular flexibility index (Phi) is 10.8. The summed E-state index contributed by atoms with van der Waals surface area (Å²) in [5.74, 6) is -1.47. The van der Waals surface area contributed by atoms with Gasteiger partial charge in [0.2, 0.25) is 15.9 Å². The molecule has 44 heavy (non-hydrogen) atoms. The molecule has 15 heteroatoms. The molecule has 1 saturated heterocycles. The van der Waals surface area contributed by atoms with Crippen molar-refractivity contribution in [3.05, 3.63) is 82.1 Å². The number of carbonyl (C=O) groups is 3. The van der Waals surface area contributed by atoms with Crippen molar-refractivity contribution in [3.8, 4) is 0 Å². The number of carbonyl (C=O) groups excluding carboxylic acids is 3. The fourth-order valence-electron chi connectivity index (χ4n) is 4.58. The van der Waals surface area contributed by atoms with Gasteiger partial charge >= 0.3 is 0 Å². The third-order valence-corrected chi connectivity index (χ3v) is 9.27. The van der Waals surface area contributed by atoms with Gasteiger partial charge in [0.1, 0.15) is 0 Å². The molecule has 0 atom stereocenters.